The zero-order chi connectivity index (χ0) is 15.0. The van der Waals surface area contributed by atoms with Crippen LogP contribution >= 0.6 is 35.7 Å². The fourth-order valence-corrected chi connectivity index (χ4v) is 3.61. The highest BCUT2D eigenvalue weighted by Gasteiger charge is 2.24. The first-order valence-corrected chi connectivity index (χ1v) is 8.83. The highest BCUT2D eigenvalue weighted by atomic mass is 127. The van der Waals surface area contributed by atoms with E-state index in [1.54, 1.807) is 0 Å². The highest BCUT2D eigenvalue weighted by Crippen LogP contribution is 2.29. The number of nitrogens with zero attached hydrogens (tertiary/aromatic N) is 1. The van der Waals surface area contributed by atoms with Crippen molar-refractivity contribution < 1.29 is 0 Å². The van der Waals surface area contributed by atoms with Crippen LogP contribution in [0.15, 0.2) is 4.99 Å². The zero-order valence-electron chi connectivity index (χ0n) is 14.2. The van der Waals surface area contributed by atoms with E-state index in [0.29, 0.717) is 6.04 Å². The van der Waals surface area contributed by atoms with Gasteiger partial charge in [-0.05, 0) is 45.8 Å². The molecule has 0 spiro atoms. The molecule has 1 saturated carbocycles. The Labute approximate surface area is 152 Å². The predicted octanol–water partition coefficient (Wildman–Crippen LogP) is 2.83. The second kappa shape index (κ2) is 10.9. The van der Waals surface area contributed by atoms with Crippen molar-refractivity contribution in [3.63, 3.8) is 0 Å². The van der Waals surface area contributed by atoms with Gasteiger partial charge in [0.05, 0.1) is 0 Å². The van der Waals surface area contributed by atoms with Crippen LogP contribution in [0.4, 0.5) is 0 Å². The van der Waals surface area contributed by atoms with Crippen LogP contribution in [0.3, 0.4) is 0 Å². The summed E-state index contributed by atoms with van der Waals surface area (Å²) in [5.74, 6) is 2.16. The number of rotatable bonds is 6. The minimum absolute atomic E-state index is 0. The first kappa shape index (κ1) is 21.3. The molecule has 6 heteroatoms. The van der Waals surface area contributed by atoms with Gasteiger partial charge in [0.15, 0.2) is 5.96 Å². The molecule has 1 aliphatic carbocycles. The molecule has 3 N–H and O–H groups in total. The predicted molar refractivity (Wildman–Crippen MR) is 107 cm³/mol. The number of halogens is 1. The van der Waals surface area contributed by atoms with Gasteiger partial charge in [0.25, 0.3) is 0 Å². The number of nitrogens with one attached hydrogen (secondary N) is 3. The molecule has 0 aromatic heterocycles. The molecule has 0 bridgehead atoms. The van der Waals surface area contributed by atoms with Crippen molar-refractivity contribution in [3.8, 4) is 0 Å². The Hall–Kier alpha value is 0.310. The van der Waals surface area contributed by atoms with E-state index in [9.17, 15) is 0 Å². The fourth-order valence-electron chi connectivity index (χ4n) is 2.46. The maximum atomic E-state index is 4.32. The van der Waals surface area contributed by atoms with Gasteiger partial charge in [0.1, 0.15) is 0 Å². The Bertz CT molecular complexity index is 305. The van der Waals surface area contributed by atoms with Crippen molar-refractivity contribution in [2.75, 3.05) is 25.9 Å². The molecule has 0 heterocycles. The summed E-state index contributed by atoms with van der Waals surface area (Å²) < 4.78 is 0. The number of thioether (sulfide) groups is 1. The molecule has 2 atom stereocenters. The topological polar surface area (TPSA) is 48.5 Å². The molecule has 0 aliphatic heterocycles. The van der Waals surface area contributed by atoms with Crippen molar-refractivity contribution >= 4 is 41.7 Å². The molecule has 21 heavy (non-hydrogen) atoms. The SMILES string of the molecule is CCSC1CCC(NC(=NC)NCCNC(C)(C)C)C1.I. The van der Waals surface area contributed by atoms with Gasteiger partial charge >= 0.3 is 0 Å². The Kier molecular flexibility index (Phi) is 11.1. The highest BCUT2D eigenvalue weighted by molar-refractivity contribution is 14.0. The van der Waals surface area contributed by atoms with E-state index in [0.717, 1.165) is 24.3 Å². The van der Waals surface area contributed by atoms with Gasteiger partial charge in [-0.25, -0.2) is 0 Å². The smallest absolute Gasteiger partial charge is 0.191 e. The third-order valence-electron chi connectivity index (χ3n) is 3.42. The molecule has 0 aromatic carbocycles. The van der Waals surface area contributed by atoms with Crippen LogP contribution in [-0.2, 0) is 0 Å². The first-order chi connectivity index (χ1) is 9.44. The summed E-state index contributed by atoms with van der Waals surface area (Å²) in [6, 6.07) is 0.584. The second-order valence-corrected chi connectivity index (χ2v) is 7.98. The van der Waals surface area contributed by atoms with Gasteiger partial charge < -0.3 is 16.0 Å². The van der Waals surface area contributed by atoms with Crippen LogP contribution in [-0.4, -0.2) is 48.7 Å². The third-order valence-corrected chi connectivity index (χ3v) is 4.66. The number of hydrogen-bond donors (Lipinski definition) is 3. The lowest BCUT2D eigenvalue weighted by Crippen LogP contribution is -2.46. The minimum Gasteiger partial charge on any atom is -0.355 e. The van der Waals surface area contributed by atoms with E-state index in [2.05, 4.69) is 60.4 Å². The van der Waals surface area contributed by atoms with Crippen molar-refractivity contribution in [2.45, 2.75) is 63.8 Å². The number of aliphatic imine (C=N–C) groups is 1. The number of guanidine groups is 1. The summed E-state index contributed by atoms with van der Waals surface area (Å²) in [4.78, 5) is 4.32. The summed E-state index contributed by atoms with van der Waals surface area (Å²) in [6.45, 7) is 10.6. The largest absolute Gasteiger partial charge is 0.355 e. The van der Waals surface area contributed by atoms with E-state index in [1.165, 1.54) is 25.0 Å². The van der Waals surface area contributed by atoms with E-state index >= 15 is 0 Å². The van der Waals surface area contributed by atoms with E-state index in [-0.39, 0.29) is 29.5 Å². The van der Waals surface area contributed by atoms with E-state index in [4.69, 9.17) is 0 Å². The molecule has 2 unspecified atom stereocenters. The first-order valence-electron chi connectivity index (χ1n) is 7.78. The quantitative estimate of drug-likeness (QED) is 0.264. The minimum atomic E-state index is 0. The van der Waals surface area contributed by atoms with Gasteiger partial charge in [0, 0.05) is 37.0 Å². The van der Waals surface area contributed by atoms with Crippen LogP contribution in [0.1, 0.15) is 47.0 Å². The van der Waals surface area contributed by atoms with Crippen molar-refractivity contribution in [1.29, 1.82) is 0 Å². The molecular weight excluding hydrogens is 395 g/mol. The van der Waals surface area contributed by atoms with Crippen LogP contribution in [0, 0.1) is 0 Å². The maximum absolute atomic E-state index is 4.32. The molecule has 126 valence electrons. The molecule has 1 fully saturated rings. The lowest BCUT2D eigenvalue weighted by molar-refractivity contribution is 0.428. The maximum Gasteiger partial charge on any atom is 0.191 e. The molecule has 1 aliphatic rings. The van der Waals surface area contributed by atoms with E-state index in [1.807, 2.05) is 7.05 Å². The summed E-state index contributed by atoms with van der Waals surface area (Å²) in [5, 5.41) is 11.2. The second-order valence-electron chi connectivity index (χ2n) is 6.41. The summed E-state index contributed by atoms with van der Waals surface area (Å²) in [5.41, 5.74) is 0.175. The normalized spacial score (nSPS) is 22.8. The van der Waals surface area contributed by atoms with Crippen molar-refractivity contribution in [3.05, 3.63) is 0 Å². The van der Waals surface area contributed by atoms with Gasteiger partial charge in [0.2, 0.25) is 0 Å². The lowest BCUT2D eigenvalue weighted by atomic mass is 10.1. The van der Waals surface area contributed by atoms with Gasteiger partial charge in [-0.2, -0.15) is 11.8 Å². The molecule has 4 nitrogen and oxygen atoms in total. The average molecular weight is 428 g/mol. The van der Waals surface area contributed by atoms with Crippen molar-refractivity contribution in [2.24, 2.45) is 4.99 Å². The Balaban J connectivity index is 0.00000400. The van der Waals surface area contributed by atoms with Gasteiger partial charge in [-0.15, -0.1) is 24.0 Å². The lowest BCUT2D eigenvalue weighted by Gasteiger charge is -2.22. The Morgan fingerprint density at radius 1 is 1.24 bits per heavy atom. The molecular formula is C15H33IN4S. The zero-order valence-corrected chi connectivity index (χ0v) is 17.3. The van der Waals surface area contributed by atoms with Gasteiger partial charge in [-0.1, -0.05) is 6.92 Å². The summed E-state index contributed by atoms with van der Waals surface area (Å²) >= 11 is 2.09. The van der Waals surface area contributed by atoms with Crippen LogP contribution in [0.5, 0.6) is 0 Å². The third kappa shape index (κ3) is 9.84. The fraction of sp³-hybridized carbons (Fsp3) is 0.933. The average Bonchev–Trinajstić information content (AvgIpc) is 2.80. The molecule has 0 radical (unpaired) electrons. The number of hydrogen-bond acceptors (Lipinski definition) is 3. The summed E-state index contributed by atoms with van der Waals surface area (Å²) in [6.07, 6.45) is 3.86. The monoisotopic (exact) mass is 428 g/mol. The van der Waals surface area contributed by atoms with Crippen LogP contribution in [0.2, 0.25) is 0 Å². The molecule has 0 amide bonds. The van der Waals surface area contributed by atoms with Crippen LogP contribution in [0.25, 0.3) is 0 Å². The van der Waals surface area contributed by atoms with E-state index < -0.39 is 0 Å². The van der Waals surface area contributed by atoms with Crippen molar-refractivity contribution in [1.82, 2.24) is 16.0 Å². The Morgan fingerprint density at radius 2 is 1.95 bits per heavy atom. The van der Waals surface area contributed by atoms with Gasteiger partial charge in [-0.3, -0.25) is 4.99 Å². The van der Waals surface area contributed by atoms with Crippen LogP contribution < -0.4 is 16.0 Å². The standard InChI is InChI=1S/C15H32N4S.HI/c1-6-20-13-8-7-12(11-13)19-14(16-5)17-9-10-18-15(2,3)4;/h12-13,18H,6-11H2,1-5H3,(H2,16,17,19);1H. The molecule has 1 rings (SSSR count). The molecule has 0 saturated heterocycles. The summed E-state index contributed by atoms with van der Waals surface area (Å²) in [7, 11) is 1.85. The Morgan fingerprint density at radius 3 is 2.52 bits per heavy atom. The molecule has 0 aromatic rings.